The lowest BCUT2D eigenvalue weighted by Crippen LogP contribution is -2.40. The van der Waals surface area contributed by atoms with Crippen molar-refractivity contribution in [3.05, 3.63) is 35.8 Å². The van der Waals surface area contributed by atoms with Crippen molar-refractivity contribution in [3.8, 4) is 0 Å². The molecule has 1 heterocycles. The number of hydrogen-bond acceptors (Lipinski definition) is 3. The number of fused-ring (bicyclic) bond motifs is 1. The number of rotatable bonds is 9. The number of hydrogen-bond donors (Lipinski definition) is 3. The van der Waals surface area contributed by atoms with Crippen LogP contribution in [0, 0.1) is 5.82 Å². The Hall–Kier alpha value is -2.13. The molecule has 0 fully saturated rings. The lowest BCUT2D eigenvalue weighted by atomic mass is 10.1. The van der Waals surface area contributed by atoms with E-state index in [-0.39, 0.29) is 5.82 Å². The minimum atomic E-state index is -3.15. The molecule has 27 heavy (non-hydrogen) atoms. The molecule has 0 unspecified atom stereocenters. The molecule has 3 N–H and O–H groups in total. The number of nitrogens with one attached hydrogen (secondary N) is 3. The number of sulfonamides is 1. The first-order valence-electron chi connectivity index (χ1n) is 9.00. The minimum absolute atomic E-state index is 0.246. The fourth-order valence-electron chi connectivity index (χ4n) is 2.91. The van der Waals surface area contributed by atoms with Gasteiger partial charge in [-0.1, -0.05) is 6.92 Å². The van der Waals surface area contributed by atoms with Gasteiger partial charge in [0.2, 0.25) is 10.0 Å². The lowest BCUT2D eigenvalue weighted by molar-refractivity contribution is 0.424. The zero-order valence-electron chi connectivity index (χ0n) is 16.0. The normalized spacial score (nSPS) is 12.7. The fourth-order valence-corrected chi connectivity index (χ4v) is 3.84. The highest BCUT2D eigenvalue weighted by Gasteiger charge is 2.13. The maximum Gasteiger partial charge on any atom is 0.211 e. The number of H-pyrrole nitrogens is 1. The van der Waals surface area contributed by atoms with Gasteiger partial charge in [-0.15, -0.1) is 0 Å². The number of benzene rings is 1. The summed E-state index contributed by atoms with van der Waals surface area (Å²) in [6.45, 7) is 4.03. The Balaban J connectivity index is 1.76. The largest absolute Gasteiger partial charge is 0.361 e. The summed E-state index contributed by atoms with van der Waals surface area (Å²) in [6.07, 6.45) is 4.53. The van der Waals surface area contributed by atoms with Crippen LogP contribution in [0.2, 0.25) is 0 Å². The SMILES string of the molecule is CCN(CCCNC(=NC)NCCc1c[nH]c2ccc(F)cc12)S(C)(=O)=O. The second kappa shape index (κ2) is 9.70. The molecule has 0 aliphatic rings. The summed E-state index contributed by atoms with van der Waals surface area (Å²) in [5, 5.41) is 7.28. The van der Waals surface area contributed by atoms with Crippen LogP contribution in [0.1, 0.15) is 18.9 Å². The molecule has 0 saturated carbocycles. The average molecular weight is 398 g/mol. The van der Waals surface area contributed by atoms with E-state index in [2.05, 4.69) is 20.6 Å². The van der Waals surface area contributed by atoms with Gasteiger partial charge in [0, 0.05) is 50.3 Å². The van der Waals surface area contributed by atoms with Crippen molar-refractivity contribution in [2.45, 2.75) is 19.8 Å². The Labute approximate surface area is 160 Å². The highest BCUT2D eigenvalue weighted by Crippen LogP contribution is 2.19. The molecular formula is C18H28FN5O2S. The number of aromatic nitrogens is 1. The van der Waals surface area contributed by atoms with E-state index in [1.165, 1.54) is 22.7 Å². The van der Waals surface area contributed by atoms with E-state index in [0.29, 0.717) is 38.6 Å². The Morgan fingerprint density at radius 2 is 2.04 bits per heavy atom. The fraction of sp³-hybridized carbons (Fsp3) is 0.500. The van der Waals surface area contributed by atoms with Gasteiger partial charge >= 0.3 is 0 Å². The van der Waals surface area contributed by atoms with Gasteiger partial charge in [0.15, 0.2) is 5.96 Å². The van der Waals surface area contributed by atoms with Crippen molar-refractivity contribution < 1.29 is 12.8 Å². The molecule has 1 aromatic heterocycles. The van der Waals surface area contributed by atoms with Crippen molar-refractivity contribution in [1.82, 2.24) is 19.9 Å². The second-order valence-corrected chi connectivity index (χ2v) is 8.27. The molecule has 2 rings (SSSR count). The maximum absolute atomic E-state index is 13.4. The molecule has 1 aromatic carbocycles. The molecule has 0 amide bonds. The van der Waals surface area contributed by atoms with Crippen LogP contribution < -0.4 is 10.6 Å². The second-order valence-electron chi connectivity index (χ2n) is 6.29. The Bertz CT molecular complexity index is 879. The van der Waals surface area contributed by atoms with E-state index < -0.39 is 10.0 Å². The molecule has 0 aliphatic heterocycles. The summed E-state index contributed by atoms with van der Waals surface area (Å²) in [5.41, 5.74) is 1.96. The predicted molar refractivity (Wildman–Crippen MR) is 108 cm³/mol. The van der Waals surface area contributed by atoms with Crippen molar-refractivity contribution in [1.29, 1.82) is 0 Å². The third kappa shape index (κ3) is 6.21. The first-order valence-corrected chi connectivity index (χ1v) is 10.8. The summed E-state index contributed by atoms with van der Waals surface area (Å²) in [6, 6.07) is 4.71. The predicted octanol–water partition coefficient (Wildman–Crippen LogP) is 1.69. The molecule has 0 spiro atoms. The van der Waals surface area contributed by atoms with Crippen LogP contribution in [0.3, 0.4) is 0 Å². The Morgan fingerprint density at radius 1 is 1.30 bits per heavy atom. The van der Waals surface area contributed by atoms with Gasteiger partial charge in [0.25, 0.3) is 0 Å². The van der Waals surface area contributed by atoms with Gasteiger partial charge in [-0.25, -0.2) is 17.1 Å². The monoisotopic (exact) mass is 397 g/mol. The Kier molecular flexibility index (Phi) is 7.61. The first kappa shape index (κ1) is 21.2. The van der Waals surface area contributed by atoms with E-state index in [1.807, 2.05) is 13.1 Å². The van der Waals surface area contributed by atoms with Gasteiger partial charge in [0.1, 0.15) is 5.82 Å². The van der Waals surface area contributed by atoms with Gasteiger partial charge in [-0.3, -0.25) is 4.99 Å². The van der Waals surface area contributed by atoms with E-state index >= 15 is 0 Å². The number of halogens is 1. The van der Waals surface area contributed by atoms with Crippen molar-refractivity contribution in [2.75, 3.05) is 39.5 Å². The number of aliphatic imine (C=N–C) groups is 1. The molecule has 0 saturated heterocycles. The standard InChI is InChI=1S/C18H28FN5O2S/c1-4-24(27(3,25)26)11-5-9-21-18(20-2)22-10-8-14-13-23-17-7-6-15(19)12-16(14)17/h6-7,12-13,23H,4-5,8-11H2,1-3H3,(H2,20,21,22). The number of nitrogens with zero attached hydrogens (tertiary/aromatic N) is 2. The van der Waals surface area contributed by atoms with E-state index in [1.54, 1.807) is 13.1 Å². The molecule has 150 valence electrons. The number of aromatic amines is 1. The topological polar surface area (TPSA) is 89.6 Å². The quantitative estimate of drug-likeness (QED) is 0.341. The molecule has 0 atom stereocenters. The van der Waals surface area contributed by atoms with Crippen LogP contribution in [0.5, 0.6) is 0 Å². The zero-order valence-corrected chi connectivity index (χ0v) is 16.9. The minimum Gasteiger partial charge on any atom is -0.361 e. The van der Waals surface area contributed by atoms with Crippen LogP contribution in [0.25, 0.3) is 10.9 Å². The molecule has 0 bridgehead atoms. The summed E-state index contributed by atoms with van der Waals surface area (Å²) in [5.74, 6) is 0.410. The van der Waals surface area contributed by atoms with Crippen LogP contribution in [-0.2, 0) is 16.4 Å². The average Bonchev–Trinajstić information content (AvgIpc) is 3.01. The van der Waals surface area contributed by atoms with Crippen molar-refractivity contribution in [2.24, 2.45) is 4.99 Å². The van der Waals surface area contributed by atoms with E-state index in [4.69, 9.17) is 0 Å². The van der Waals surface area contributed by atoms with Crippen LogP contribution in [-0.4, -0.2) is 63.1 Å². The summed E-state index contributed by atoms with van der Waals surface area (Å²) >= 11 is 0. The highest BCUT2D eigenvalue weighted by molar-refractivity contribution is 7.88. The highest BCUT2D eigenvalue weighted by atomic mass is 32.2. The van der Waals surface area contributed by atoms with Crippen LogP contribution >= 0.6 is 0 Å². The molecule has 2 aromatic rings. The van der Waals surface area contributed by atoms with Gasteiger partial charge in [0.05, 0.1) is 6.26 Å². The van der Waals surface area contributed by atoms with Crippen molar-refractivity contribution >= 4 is 26.9 Å². The van der Waals surface area contributed by atoms with Crippen LogP contribution in [0.4, 0.5) is 4.39 Å². The van der Waals surface area contributed by atoms with Crippen LogP contribution in [0.15, 0.2) is 29.4 Å². The third-order valence-corrected chi connectivity index (χ3v) is 5.72. The number of guanidine groups is 1. The lowest BCUT2D eigenvalue weighted by Gasteiger charge is -2.18. The summed E-state index contributed by atoms with van der Waals surface area (Å²) in [7, 11) is -1.47. The summed E-state index contributed by atoms with van der Waals surface area (Å²) in [4.78, 5) is 7.31. The molecule has 9 heteroatoms. The zero-order chi connectivity index (χ0) is 19.9. The van der Waals surface area contributed by atoms with Crippen molar-refractivity contribution in [3.63, 3.8) is 0 Å². The molecule has 0 aliphatic carbocycles. The van der Waals surface area contributed by atoms with Gasteiger partial charge in [-0.2, -0.15) is 0 Å². The molecule has 7 nitrogen and oxygen atoms in total. The molecular weight excluding hydrogens is 369 g/mol. The van der Waals surface area contributed by atoms with Gasteiger partial charge < -0.3 is 15.6 Å². The smallest absolute Gasteiger partial charge is 0.211 e. The molecule has 0 radical (unpaired) electrons. The Morgan fingerprint density at radius 3 is 2.70 bits per heavy atom. The summed E-state index contributed by atoms with van der Waals surface area (Å²) < 4.78 is 38.0. The van der Waals surface area contributed by atoms with Gasteiger partial charge in [-0.05, 0) is 36.6 Å². The first-order chi connectivity index (χ1) is 12.8. The third-order valence-electron chi connectivity index (χ3n) is 4.34. The van der Waals surface area contributed by atoms with E-state index in [0.717, 1.165) is 22.9 Å². The maximum atomic E-state index is 13.4. The van der Waals surface area contributed by atoms with E-state index in [9.17, 15) is 12.8 Å².